The lowest BCUT2D eigenvalue weighted by Crippen LogP contribution is -2.45. The van der Waals surface area contributed by atoms with Crippen LogP contribution in [-0.2, 0) is 7.05 Å². The van der Waals surface area contributed by atoms with Crippen molar-refractivity contribution in [2.24, 2.45) is 7.05 Å². The monoisotopic (exact) mass is 236 g/mol. The van der Waals surface area contributed by atoms with Crippen molar-refractivity contribution in [1.82, 2.24) is 15.1 Å². The maximum atomic E-state index is 4.44. The molecule has 0 amide bonds. The number of rotatable bonds is 5. The second-order valence-electron chi connectivity index (χ2n) is 5.21. The van der Waals surface area contributed by atoms with Crippen LogP contribution >= 0.6 is 0 Å². The Kier molecular flexibility index (Phi) is 3.72. The molecule has 4 nitrogen and oxygen atoms in total. The first kappa shape index (κ1) is 12.4. The van der Waals surface area contributed by atoms with Crippen molar-refractivity contribution in [2.75, 3.05) is 18.4 Å². The van der Waals surface area contributed by atoms with Gasteiger partial charge in [0.05, 0.1) is 0 Å². The van der Waals surface area contributed by atoms with Crippen LogP contribution in [0.2, 0.25) is 0 Å². The second-order valence-corrected chi connectivity index (χ2v) is 5.21. The summed E-state index contributed by atoms with van der Waals surface area (Å²) in [4.78, 5) is 0. The predicted molar refractivity (Wildman–Crippen MR) is 71.3 cm³/mol. The minimum Gasteiger partial charge on any atom is -0.367 e. The number of anilines is 1. The smallest absolute Gasteiger partial charge is 0.148 e. The first-order valence-corrected chi connectivity index (χ1v) is 6.65. The average Bonchev–Trinajstić information content (AvgIpc) is 2.86. The third-order valence-corrected chi connectivity index (χ3v) is 3.78. The molecule has 1 unspecified atom stereocenters. The Morgan fingerprint density at radius 1 is 1.59 bits per heavy atom. The summed E-state index contributed by atoms with van der Waals surface area (Å²) in [6.45, 7) is 6.47. The average molecular weight is 236 g/mol. The number of hydrogen-bond acceptors (Lipinski definition) is 3. The van der Waals surface area contributed by atoms with Crippen LogP contribution in [0.1, 0.15) is 38.3 Å². The van der Waals surface area contributed by atoms with E-state index in [4.69, 9.17) is 0 Å². The van der Waals surface area contributed by atoms with Crippen LogP contribution in [0, 0.1) is 6.92 Å². The fraction of sp³-hybridized carbons (Fsp3) is 0.769. The summed E-state index contributed by atoms with van der Waals surface area (Å²) in [5, 5.41) is 11.6. The molecule has 2 N–H and O–H groups in total. The van der Waals surface area contributed by atoms with Gasteiger partial charge in [-0.3, -0.25) is 4.68 Å². The molecule has 1 aromatic rings. The van der Waals surface area contributed by atoms with Gasteiger partial charge in [0, 0.05) is 30.9 Å². The lowest BCUT2D eigenvalue weighted by Gasteiger charge is -2.29. The summed E-state index contributed by atoms with van der Waals surface area (Å²) >= 11 is 0. The van der Waals surface area contributed by atoms with E-state index in [1.807, 2.05) is 11.7 Å². The minimum atomic E-state index is 0.292. The molecule has 0 spiro atoms. The summed E-state index contributed by atoms with van der Waals surface area (Å²) in [6.07, 6.45) is 5.05. The van der Waals surface area contributed by atoms with Gasteiger partial charge in [-0.05, 0) is 32.7 Å². The molecule has 1 fully saturated rings. The zero-order valence-electron chi connectivity index (χ0n) is 11.2. The third kappa shape index (κ3) is 2.80. The molecule has 1 aliphatic rings. The fourth-order valence-electron chi connectivity index (χ4n) is 2.71. The van der Waals surface area contributed by atoms with Crippen molar-refractivity contribution in [3.8, 4) is 0 Å². The van der Waals surface area contributed by atoms with Gasteiger partial charge in [0.2, 0.25) is 0 Å². The Balaban J connectivity index is 1.95. The Bertz CT molecular complexity index is 344. The zero-order chi connectivity index (χ0) is 12.3. The third-order valence-electron chi connectivity index (χ3n) is 3.78. The highest BCUT2D eigenvalue weighted by molar-refractivity contribution is 5.36. The van der Waals surface area contributed by atoms with Gasteiger partial charge in [0.25, 0.3) is 0 Å². The van der Waals surface area contributed by atoms with Crippen LogP contribution in [-0.4, -0.2) is 28.4 Å². The lowest BCUT2D eigenvalue weighted by molar-refractivity contribution is 0.363. The van der Waals surface area contributed by atoms with Crippen molar-refractivity contribution >= 4 is 5.82 Å². The molecule has 17 heavy (non-hydrogen) atoms. The first-order chi connectivity index (χ1) is 8.15. The number of nitrogens with zero attached hydrogens (tertiary/aromatic N) is 2. The molecule has 1 saturated heterocycles. The molecule has 1 aromatic heterocycles. The van der Waals surface area contributed by atoms with Crippen LogP contribution in [0.3, 0.4) is 0 Å². The van der Waals surface area contributed by atoms with Crippen molar-refractivity contribution in [1.29, 1.82) is 0 Å². The van der Waals surface area contributed by atoms with Crippen molar-refractivity contribution in [2.45, 2.75) is 45.1 Å². The maximum absolute atomic E-state index is 4.44. The Morgan fingerprint density at radius 3 is 2.94 bits per heavy atom. The van der Waals surface area contributed by atoms with Crippen molar-refractivity contribution in [3.05, 3.63) is 11.8 Å². The van der Waals surface area contributed by atoms with E-state index in [2.05, 4.69) is 35.6 Å². The maximum Gasteiger partial charge on any atom is 0.148 e. The topological polar surface area (TPSA) is 41.9 Å². The summed E-state index contributed by atoms with van der Waals surface area (Å²) < 4.78 is 1.91. The van der Waals surface area contributed by atoms with E-state index in [0.717, 1.165) is 18.9 Å². The van der Waals surface area contributed by atoms with E-state index in [-0.39, 0.29) is 0 Å². The Labute approximate surface area is 104 Å². The highest BCUT2D eigenvalue weighted by atomic mass is 15.3. The Morgan fingerprint density at radius 2 is 2.41 bits per heavy atom. The molecule has 1 atom stereocenters. The molecular formula is C13H24N4. The van der Waals surface area contributed by atoms with Crippen molar-refractivity contribution in [3.63, 3.8) is 0 Å². The highest BCUT2D eigenvalue weighted by Crippen LogP contribution is 2.25. The number of nitrogens with one attached hydrogen (secondary N) is 2. The van der Waals surface area contributed by atoms with Gasteiger partial charge in [-0.1, -0.05) is 13.3 Å². The normalized spacial score (nSPS) is 24.2. The van der Waals surface area contributed by atoms with E-state index < -0.39 is 0 Å². The van der Waals surface area contributed by atoms with E-state index >= 15 is 0 Å². The molecule has 0 aliphatic carbocycles. The quantitative estimate of drug-likeness (QED) is 0.822. The fourth-order valence-corrected chi connectivity index (χ4v) is 2.71. The highest BCUT2D eigenvalue weighted by Gasteiger charge is 2.32. The second kappa shape index (κ2) is 5.08. The molecule has 2 heterocycles. The largest absolute Gasteiger partial charge is 0.367 e. The van der Waals surface area contributed by atoms with E-state index in [1.54, 1.807) is 0 Å². The Hall–Kier alpha value is -1.03. The molecule has 0 saturated carbocycles. The molecule has 1 aliphatic heterocycles. The predicted octanol–water partition coefficient (Wildman–Crippen LogP) is 2.06. The van der Waals surface area contributed by atoms with Gasteiger partial charge in [0.1, 0.15) is 5.82 Å². The number of aromatic nitrogens is 2. The van der Waals surface area contributed by atoms with Crippen LogP contribution in [0.25, 0.3) is 0 Å². The summed E-state index contributed by atoms with van der Waals surface area (Å²) in [5.74, 6) is 0.995. The van der Waals surface area contributed by atoms with Gasteiger partial charge >= 0.3 is 0 Å². The number of hydrogen-bond donors (Lipinski definition) is 2. The minimum absolute atomic E-state index is 0.292. The summed E-state index contributed by atoms with van der Waals surface area (Å²) in [7, 11) is 1.98. The van der Waals surface area contributed by atoms with Crippen LogP contribution in [0.5, 0.6) is 0 Å². The van der Waals surface area contributed by atoms with Gasteiger partial charge in [-0.15, -0.1) is 0 Å². The number of aryl methyl sites for hydroxylation is 2. The van der Waals surface area contributed by atoms with E-state index in [9.17, 15) is 0 Å². The van der Waals surface area contributed by atoms with Gasteiger partial charge in [-0.25, -0.2) is 0 Å². The van der Waals surface area contributed by atoms with Gasteiger partial charge in [0.15, 0.2) is 0 Å². The molecule has 4 heteroatoms. The summed E-state index contributed by atoms with van der Waals surface area (Å²) in [5.41, 5.74) is 1.48. The SMILES string of the molecule is CCCC1(CNc2cc(C)n(C)n2)CCCN1. The van der Waals surface area contributed by atoms with Crippen LogP contribution in [0.15, 0.2) is 6.07 Å². The lowest BCUT2D eigenvalue weighted by atomic mass is 9.92. The first-order valence-electron chi connectivity index (χ1n) is 6.65. The zero-order valence-corrected chi connectivity index (χ0v) is 11.2. The van der Waals surface area contributed by atoms with Crippen LogP contribution < -0.4 is 10.6 Å². The molecule has 0 bridgehead atoms. The van der Waals surface area contributed by atoms with Gasteiger partial charge in [-0.2, -0.15) is 5.10 Å². The molecular weight excluding hydrogens is 212 g/mol. The molecule has 0 aromatic carbocycles. The van der Waals surface area contributed by atoms with Crippen LogP contribution in [0.4, 0.5) is 5.82 Å². The standard InChI is InChI=1S/C13H24N4/c1-4-6-13(7-5-8-15-13)10-14-12-9-11(2)17(3)16-12/h9,15H,4-8,10H2,1-3H3,(H,14,16). The molecule has 0 radical (unpaired) electrons. The summed E-state index contributed by atoms with van der Waals surface area (Å²) in [6, 6.07) is 2.11. The van der Waals surface area contributed by atoms with E-state index in [1.165, 1.54) is 31.4 Å². The molecule has 2 rings (SSSR count). The van der Waals surface area contributed by atoms with Gasteiger partial charge < -0.3 is 10.6 Å². The molecule has 96 valence electrons. The van der Waals surface area contributed by atoms with E-state index in [0.29, 0.717) is 5.54 Å². The van der Waals surface area contributed by atoms with Crippen molar-refractivity contribution < 1.29 is 0 Å².